The molecule has 0 bridgehead atoms. The molecule has 6 heteroatoms. The Morgan fingerprint density at radius 1 is 1.21 bits per heavy atom. The molecule has 0 fully saturated rings. The Kier molecular flexibility index (Phi) is 4.55. The van der Waals surface area contributed by atoms with Crippen molar-refractivity contribution in [3.63, 3.8) is 0 Å². The van der Waals surface area contributed by atoms with E-state index in [4.69, 9.17) is 4.74 Å². The van der Waals surface area contributed by atoms with Crippen LogP contribution in [0.15, 0.2) is 30.3 Å². The minimum atomic E-state index is -0.605. The highest BCUT2D eigenvalue weighted by Gasteiger charge is 2.19. The molecular weight excluding hydrogens is 308 g/mol. The Labute approximate surface area is 139 Å². The Morgan fingerprint density at radius 2 is 1.96 bits per heavy atom. The molecule has 0 atom stereocenters. The number of nitro groups is 1. The van der Waals surface area contributed by atoms with Gasteiger partial charge in [-0.1, -0.05) is 12.1 Å². The van der Waals surface area contributed by atoms with Gasteiger partial charge in [-0.25, -0.2) is 0 Å². The van der Waals surface area contributed by atoms with Crippen molar-refractivity contribution < 1.29 is 14.5 Å². The molecule has 0 amide bonds. The van der Waals surface area contributed by atoms with Crippen LogP contribution in [0.2, 0.25) is 0 Å². The number of nitrogens with zero attached hydrogens (tertiary/aromatic N) is 2. The molecule has 6 nitrogen and oxygen atoms in total. The molecule has 0 aliphatic heterocycles. The number of pyridine rings is 1. The summed E-state index contributed by atoms with van der Waals surface area (Å²) in [6.45, 7) is 1.42. The van der Waals surface area contributed by atoms with Gasteiger partial charge in [0.25, 0.3) is 0 Å². The van der Waals surface area contributed by atoms with Gasteiger partial charge in [0.2, 0.25) is 5.75 Å². The summed E-state index contributed by atoms with van der Waals surface area (Å²) in [5.41, 5.74) is 3.63. The fourth-order valence-corrected chi connectivity index (χ4v) is 2.91. The lowest BCUT2D eigenvalue weighted by atomic mass is 9.90. The van der Waals surface area contributed by atoms with Gasteiger partial charge in [0, 0.05) is 12.5 Å². The number of aromatic nitrogens is 1. The number of ether oxygens (including phenoxy) is 1. The molecule has 0 radical (unpaired) electrons. The maximum atomic E-state index is 12.3. The molecule has 2 aromatic rings. The van der Waals surface area contributed by atoms with Gasteiger partial charge in [-0.15, -0.1) is 0 Å². The van der Waals surface area contributed by atoms with Crippen molar-refractivity contribution in [1.29, 1.82) is 0 Å². The third-order valence-electron chi connectivity index (χ3n) is 4.18. The minimum Gasteiger partial charge on any atom is -0.477 e. The lowest BCUT2D eigenvalue weighted by Gasteiger charge is -2.16. The van der Waals surface area contributed by atoms with Gasteiger partial charge in [0.1, 0.15) is 5.69 Å². The number of ketones is 1. The second kappa shape index (κ2) is 6.78. The molecular formula is C18H18N2O4. The van der Waals surface area contributed by atoms with Crippen molar-refractivity contribution in [3.05, 3.63) is 62.8 Å². The number of benzene rings is 1. The first kappa shape index (κ1) is 16.1. The van der Waals surface area contributed by atoms with Crippen LogP contribution >= 0.6 is 0 Å². The zero-order chi connectivity index (χ0) is 17.1. The van der Waals surface area contributed by atoms with E-state index in [2.05, 4.69) is 4.98 Å². The largest absolute Gasteiger partial charge is 0.477 e. The monoisotopic (exact) mass is 326 g/mol. The number of aryl methyl sites for hydroxylation is 3. The summed E-state index contributed by atoms with van der Waals surface area (Å²) >= 11 is 0. The van der Waals surface area contributed by atoms with E-state index in [-0.39, 0.29) is 24.0 Å². The first-order valence-electron chi connectivity index (χ1n) is 7.94. The van der Waals surface area contributed by atoms with Gasteiger partial charge in [-0.2, -0.15) is 0 Å². The summed E-state index contributed by atoms with van der Waals surface area (Å²) in [4.78, 5) is 26.6. The number of carbonyl (C=O) groups excluding carboxylic acids is 1. The fraction of sp³-hybridized carbons (Fsp3) is 0.333. The number of fused-ring (bicyclic) bond motifs is 1. The van der Waals surface area contributed by atoms with Gasteiger partial charge in [-0.3, -0.25) is 4.79 Å². The summed E-state index contributed by atoms with van der Waals surface area (Å²) in [6.07, 6.45) is 4.38. The summed E-state index contributed by atoms with van der Waals surface area (Å²) in [5, 5.41) is 11.0. The average Bonchev–Trinajstić information content (AvgIpc) is 2.59. The van der Waals surface area contributed by atoms with Crippen LogP contribution < -0.4 is 4.74 Å². The van der Waals surface area contributed by atoms with Gasteiger partial charge >= 0.3 is 5.82 Å². The van der Waals surface area contributed by atoms with Crippen LogP contribution in [0.5, 0.6) is 5.75 Å². The molecule has 0 saturated carbocycles. The third-order valence-corrected chi connectivity index (χ3v) is 4.18. The van der Waals surface area contributed by atoms with E-state index < -0.39 is 4.92 Å². The van der Waals surface area contributed by atoms with Crippen LogP contribution in [0, 0.1) is 17.0 Å². The van der Waals surface area contributed by atoms with Gasteiger partial charge < -0.3 is 14.9 Å². The van der Waals surface area contributed by atoms with Crippen molar-refractivity contribution in [3.8, 4) is 5.75 Å². The Morgan fingerprint density at radius 3 is 2.71 bits per heavy atom. The molecule has 1 aromatic heterocycles. The zero-order valence-electron chi connectivity index (χ0n) is 13.4. The molecule has 3 rings (SSSR count). The number of rotatable bonds is 5. The Bertz CT molecular complexity index is 802. The number of hydrogen-bond acceptors (Lipinski definition) is 5. The van der Waals surface area contributed by atoms with Crippen LogP contribution in [0.4, 0.5) is 5.82 Å². The van der Waals surface area contributed by atoms with E-state index in [0.717, 1.165) is 19.3 Å². The van der Waals surface area contributed by atoms with Crippen molar-refractivity contribution in [1.82, 2.24) is 4.98 Å². The topological polar surface area (TPSA) is 82.3 Å². The van der Waals surface area contributed by atoms with Crippen molar-refractivity contribution in [2.75, 3.05) is 6.61 Å². The Balaban J connectivity index is 1.73. The smallest absolute Gasteiger partial charge is 0.406 e. The molecule has 0 N–H and O–H groups in total. The van der Waals surface area contributed by atoms with Crippen LogP contribution in [0.25, 0.3) is 0 Å². The van der Waals surface area contributed by atoms with E-state index in [1.165, 1.54) is 23.6 Å². The summed E-state index contributed by atoms with van der Waals surface area (Å²) in [7, 11) is 0. The molecule has 0 saturated heterocycles. The predicted octanol–water partition coefficient (Wildman–Crippen LogP) is 3.44. The number of hydrogen-bond donors (Lipinski definition) is 0. The lowest BCUT2D eigenvalue weighted by molar-refractivity contribution is -0.390. The number of carbonyl (C=O) groups is 1. The second-order valence-corrected chi connectivity index (χ2v) is 5.93. The first-order chi connectivity index (χ1) is 11.5. The zero-order valence-corrected chi connectivity index (χ0v) is 13.4. The highest BCUT2D eigenvalue weighted by molar-refractivity contribution is 5.97. The minimum absolute atomic E-state index is 0.0110. The third kappa shape index (κ3) is 3.42. The highest BCUT2D eigenvalue weighted by Crippen LogP contribution is 2.25. The van der Waals surface area contributed by atoms with E-state index in [1.807, 2.05) is 12.1 Å². The maximum absolute atomic E-state index is 12.3. The molecule has 1 aromatic carbocycles. The molecule has 24 heavy (non-hydrogen) atoms. The predicted molar refractivity (Wildman–Crippen MR) is 88.5 cm³/mol. The van der Waals surface area contributed by atoms with E-state index in [1.54, 1.807) is 19.1 Å². The van der Waals surface area contributed by atoms with Gasteiger partial charge in [-0.05, 0) is 64.9 Å². The molecule has 0 unspecified atom stereocenters. The van der Waals surface area contributed by atoms with Crippen LogP contribution in [0.1, 0.15) is 40.0 Å². The van der Waals surface area contributed by atoms with E-state index in [9.17, 15) is 14.9 Å². The molecule has 124 valence electrons. The standard InChI is InChI=1S/C18H18N2O4/c1-12-6-9-17(18(19-12)20(22)23)24-11-16(21)15-8-7-13-4-2-3-5-14(13)10-15/h6-10H,2-5,11H2,1H3. The molecule has 0 spiro atoms. The quantitative estimate of drug-likeness (QED) is 0.477. The van der Waals surface area contributed by atoms with E-state index >= 15 is 0 Å². The van der Waals surface area contributed by atoms with E-state index in [0.29, 0.717) is 11.3 Å². The molecule has 1 heterocycles. The first-order valence-corrected chi connectivity index (χ1v) is 7.94. The van der Waals surface area contributed by atoms with Crippen molar-refractivity contribution in [2.24, 2.45) is 0 Å². The lowest BCUT2D eigenvalue weighted by Crippen LogP contribution is -2.14. The van der Waals surface area contributed by atoms with Gasteiger partial charge in [0.05, 0.1) is 0 Å². The SMILES string of the molecule is Cc1ccc(OCC(=O)c2ccc3c(c2)CCCC3)c([N+](=O)[O-])n1. The fourth-order valence-electron chi connectivity index (χ4n) is 2.91. The number of Topliss-reactive ketones (excluding diaryl/α,β-unsaturated/α-hetero) is 1. The summed E-state index contributed by atoms with van der Waals surface area (Å²) < 4.78 is 5.36. The highest BCUT2D eigenvalue weighted by atomic mass is 16.6. The van der Waals surface area contributed by atoms with Crippen LogP contribution in [0.3, 0.4) is 0 Å². The van der Waals surface area contributed by atoms with Crippen LogP contribution in [-0.4, -0.2) is 22.3 Å². The average molecular weight is 326 g/mol. The normalized spacial score (nSPS) is 13.2. The summed E-state index contributed by atoms with van der Waals surface area (Å²) in [6, 6.07) is 8.81. The maximum Gasteiger partial charge on any atom is 0.406 e. The molecule has 1 aliphatic carbocycles. The van der Waals surface area contributed by atoms with Crippen LogP contribution in [-0.2, 0) is 12.8 Å². The van der Waals surface area contributed by atoms with Crippen molar-refractivity contribution in [2.45, 2.75) is 32.6 Å². The molecule has 1 aliphatic rings. The second-order valence-electron chi connectivity index (χ2n) is 5.93. The van der Waals surface area contributed by atoms with Crippen molar-refractivity contribution >= 4 is 11.6 Å². The Hall–Kier alpha value is -2.76. The summed E-state index contributed by atoms with van der Waals surface area (Å²) in [5.74, 6) is -0.552. The van der Waals surface area contributed by atoms with Gasteiger partial charge in [0.15, 0.2) is 12.4 Å².